The van der Waals surface area contributed by atoms with Crippen LogP contribution in [0, 0.1) is 5.92 Å². The fourth-order valence-electron chi connectivity index (χ4n) is 2.79. The minimum absolute atomic E-state index is 0.0101. The van der Waals surface area contributed by atoms with E-state index in [0.29, 0.717) is 35.2 Å². The van der Waals surface area contributed by atoms with Crippen molar-refractivity contribution in [3.8, 4) is 11.5 Å². The third kappa shape index (κ3) is 5.65. The lowest BCUT2D eigenvalue weighted by Gasteiger charge is -2.26. The summed E-state index contributed by atoms with van der Waals surface area (Å²) in [6.07, 6.45) is 0. The molecule has 0 bridgehead atoms. The van der Waals surface area contributed by atoms with Gasteiger partial charge in [-0.05, 0) is 42.7 Å². The Balaban J connectivity index is 2.32. The molecule has 2 aromatic carbocycles. The molecule has 30 heavy (non-hydrogen) atoms. The number of benzene rings is 2. The van der Waals surface area contributed by atoms with E-state index in [-0.39, 0.29) is 15.8 Å². The zero-order valence-electron chi connectivity index (χ0n) is 17.7. The Morgan fingerprint density at radius 2 is 1.87 bits per heavy atom. The Bertz CT molecular complexity index is 1020. The normalized spacial score (nSPS) is 12.5. The van der Waals surface area contributed by atoms with E-state index < -0.39 is 16.1 Å². The third-order valence-corrected chi connectivity index (χ3v) is 5.80. The van der Waals surface area contributed by atoms with Crippen molar-refractivity contribution in [1.82, 2.24) is 4.90 Å². The van der Waals surface area contributed by atoms with Crippen LogP contribution in [0.2, 0.25) is 5.02 Å². The van der Waals surface area contributed by atoms with Gasteiger partial charge in [-0.3, -0.25) is 4.79 Å². The van der Waals surface area contributed by atoms with E-state index in [0.717, 1.165) is 0 Å². The Morgan fingerprint density at radius 3 is 2.43 bits per heavy atom. The van der Waals surface area contributed by atoms with E-state index in [4.69, 9.17) is 26.2 Å². The first-order valence-corrected chi connectivity index (χ1v) is 11.3. The molecule has 2 rings (SSSR count). The zero-order chi connectivity index (χ0) is 22.6. The van der Waals surface area contributed by atoms with E-state index in [1.165, 1.54) is 30.2 Å². The topological polar surface area (TPSA) is 98.9 Å². The van der Waals surface area contributed by atoms with Crippen LogP contribution < -0.4 is 14.6 Å². The molecule has 7 nitrogen and oxygen atoms in total. The molecule has 164 valence electrons. The molecule has 0 aliphatic heterocycles. The summed E-state index contributed by atoms with van der Waals surface area (Å²) in [5, 5.41) is 5.48. The number of amides is 1. The second-order valence-corrected chi connectivity index (χ2v) is 9.37. The summed E-state index contributed by atoms with van der Waals surface area (Å²) in [6.45, 7) is 6.28. The molecular formula is C21H27ClN2O5S. The number of sulfonamides is 1. The van der Waals surface area contributed by atoms with Crippen LogP contribution in [0.3, 0.4) is 0 Å². The Morgan fingerprint density at radius 1 is 1.20 bits per heavy atom. The summed E-state index contributed by atoms with van der Waals surface area (Å²) in [4.78, 5) is 14.5. The summed E-state index contributed by atoms with van der Waals surface area (Å²) in [7, 11) is -0.735. The van der Waals surface area contributed by atoms with Gasteiger partial charge in [-0.25, -0.2) is 13.6 Å². The molecule has 2 aromatic rings. The first-order chi connectivity index (χ1) is 14.0. The molecule has 2 N–H and O–H groups in total. The molecule has 0 aliphatic carbocycles. The van der Waals surface area contributed by atoms with Gasteiger partial charge >= 0.3 is 0 Å². The molecule has 0 radical (unpaired) electrons. The van der Waals surface area contributed by atoms with Crippen molar-refractivity contribution in [2.45, 2.75) is 31.7 Å². The number of halogens is 1. The van der Waals surface area contributed by atoms with Gasteiger partial charge in [-0.15, -0.1) is 0 Å². The van der Waals surface area contributed by atoms with Crippen molar-refractivity contribution in [2.75, 3.05) is 20.8 Å². The van der Waals surface area contributed by atoms with Gasteiger partial charge < -0.3 is 14.4 Å². The molecular weight excluding hydrogens is 428 g/mol. The lowest BCUT2D eigenvalue weighted by atomic mass is 10.1. The van der Waals surface area contributed by atoms with Crippen molar-refractivity contribution >= 4 is 27.5 Å². The fraction of sp³-hybridized carbons (Fsp3) is 0.381. The SMILES string of the molecule is COc1cc(C(=O)N(C)C(C)c2cccc(S(N)(=O)=O)c2)cc(Cl)c1OCC(C)C. The lowest BCUT2D eigenvalue weighted by Crippen LogP contribution is -2.30. The Kier molecular flexibility index (Phi) is 7.74. The summed E-state index contributed by atoms with van der Waals surface area (Å²) in [5.74, 6) is 0.746. The summed E-state index contributed by atoms with van der Waals surface area (Å²) in [6, 6.07) is 8.89. The van der Waals surface area contributed by atoms with Crippen LogP contribution in [0.15, 0.2) is 41.3 Å². The number of carbonyl (C=O) groups excluding carboxylic acids is 1. The van der Waals surface area contributed by atoms with Crippen LogP contribution in [-0.4, -0.2) is 40.0 Å². The van der Waals surface area contributed by atoms with Crippen LogP contribution in [0.4, 0.5) is 0 Å². The van der Waals surface area contributed by atoms with E-state index in [1.54, 1.807) is 32.2 Å². The zero-order valence-corrected chi connectivity index (χ0v) is 19.3. The molecule has 0 saturated heterocycles. The van der Waals surface area contributed by atoms with E-state index in [1.807, 2.05) is 13.8 Å². The number of methoxy groups -OCH3 is 1. The number of hydrogen-bond donors (Lipinski definition) is 1. The van der Waals surface area contributed by atoms with Gasteiger partial charge in [0.05, 0.1) is 29.7 Å². The Hall–Kier alpha value is -2.29. The first-order valence-electron chi connectivity index (χ1n) is 9.36. The summed E-state index contributed by atoms with van der Waals surface area (Å²) >= 11 is 6.36. The summed E-state index contributed by atoms with van der Waals surface area (Å²) < 4.78 is 34.3. The predicted octanol–water partition coefficient (Wildman–Crippen LogP) is 3.86. The number of carbonyl (C=O) groups is 1. The minimum Gasteiger partial charge on any atom is -0.493 e. The van der Waals surface area contributed by atoms with Crippen LogP contribution in [0.25, 0.3) is 0 Å². The summed E-state index contributed by atoms with van der Waals surface area (Å²) in [5.41, 5.74) is 0.957. The van der Waals surface area contributed by atoms with Gasteiger partial charge in [0.2, 0.25) is 10.0 Å². The first kappa shape index (κ1) is 24.0. The molecule has 1 unspecified atom stereocenters. The van der Waals surface area contributed by atoms with Crippen molar-refractivity contribution < 1.29 is 22.7 Å². The second kappa shape index (κ2) is 9.68. The Labute approximate surface area is 182 Å². The number of primary sulfonamides is 1. The highest BCUT2D eigenvalue weighted by molar-refractivity contribution is 7.89. The highest BCUT2D eigenvalue weighted by Crippen LogP contribution is 2.37. The van der Waals surface area contributed by atoms with Gasteiger partial charge in [0.1, 0.15) is 0 Å². The molecule has 0 saturated carbocycles. The molecule has 0 aliphatic rings. The van der Waals surface area contributed by atoms with Crippen LogP contribution in [-0.2, 0) is 10.0 Å². The maximum Gasteiger partial charge on any atom is 0.254 e. The predicted molar refractivity (Wildman–Crippen MR) is 117 cm³/mol. The maximum atomic E-state index is 13.1. The number of nitrogens with zero attached hydrogens (tertiary/aromatic N) is 1. The van der Waals surface area contributed by atoms with Crippen molar-refractivity contribution in [3.63, 3.8) is 0 Å². The number of hydrogen-bond acceptors (Lipinski definition) is 5. The van der Waals surface area contributed by atoms with E-state index >= 15 is 0 Å². The van der Waals surface area contributed by atoms with Crippen molar-refractivity contribution in [2.24, 2.45) is 11.1 Å². The quantitative estimate of drug-likeness (QED) is 0.652. The third-order valence-electron chi connectivity index (χ3n) is 4.61. The monoisotopic (exact) mass is 454 g/mol. The average molecular weight is 455 g/mol. The highest BCUT2D eigenvalue weighted by atomic mass is 35.5. The smallest absolute Gasteiger partial charge is 0.254 e. The number of rotatable bonds is 8. The average Bonchev–Trinajstić information content (AvgIpc) is 2.69. The largest absolute Gasteiger partial charge is 0.493 e. The lowest BCUT2D eigenvalue weighted by molar-refractivity contribution is 0.0742. The maximum absolute atomic E-state index is 13.1. The highest BCUT2D eigenvalue weighted by Gasteiger charge is 2.23. The molecule has 0 aromatic heterocycles. The molecule has 0 spiro atoms. The molecule has 1 amide bonds. The standard InChI is InChI=1S/C21H27ClN2O5S/c1-13(2)12-29-20-18(22)10-16(11-19(20)28-5)21(25)24(4)14(3)15-7-6-8-17(9-15)30(23,26)27/h6-11,13-14H,12H2,1-5H3,(H2,23,26,27). The second-order valence-electron chi connectivity index (χ2n) is 7.40. The van der Waals surface area contributed by atoms with Gasteiger partial charge in [-0.2, -0.15) is 0 Å². The van der Waals surface area contributed by atoms with Gasteiger partial charge in [0.15, 0.2) is 11.5 Å². The van der Waals surface area contributed by atoms with Crippen molar-refractivity contribution in [1.29, 1.82) is 0 Å². The number of ether oxygens (including phenoxy) is 2. The van der Waals surface area contributed by atoms with Gasteiger partial charge in [-0.1, -0.05) is 37.6 Å². The number of nitrogens with two attached hydrogens (primary N) is 1. The fourth-order valence-corrected chi connectivity index (χ4v) is 3.62. The molecule has 9 heteroatoms. The van der Waals surface area contributed by atoms with Crippen LogP contribution >= 0.6 is 11.6 Å². The molecule has 0 fully saturated rings. The van der Waals surface area contributed by atoms with Gasteiger partial charge in [0, 0.05) is 12.6 Å². The van der Waals surface area contributed by atoms with Crippen LogP contribution in [0.5, 0.6) is 11.5 Å². The molecule has 1 atom stereocenters. The van der Waals surface area contributed by atoms with E-state index in [2.05, 4.69) is 0 Å². The van der Waals surface area contributed by atoms with E-state index in [9.17, 15) is 13.2 Å². The van der Waals surface area contributed by atoms with Crippen LogP contribution in [0.1, 0.15) is 42.7 Å². The van der Waals surface area contributed by atoms with Gasteiger partial charge in [0.25, 0.3) is 5.91 Å². The van der Waals surface area contributed by atoms with Crippen molar-refractivity contribution in [3.05, 3.63) is 52.5 Å². The minimum atomic E-state index is -3.84. The molecule has 0 heterocycles.